The molecule has 1 N–H and O–H groups in total. The Balaban J connectivity index is 2.79. The van der Waals surface area contributed by atoms with Gasteiger partial charge in [-0.2, -0.15) is 0 Å². The molecule has 37 valence electrons. The van der Waals surface area contributed by atoms with Crippen molar-refractivity contribution >= 4 is 31.9 Å². The van der Waals surface area contributed by atoms with Crippen molar-refractivity contribution in [1.29, 1.82) is 0 Å². The van der Waals surface area contributed by atoms with Gasteiger partial charge in [0.2, 0.25) is 4.61 Å². The van der Waals surface area contributed by atoms with E-state index >= 15 is 0 Å². The van der Waals surface area contributed by atoms with E-state index in [9.17, 15) is 0 Å². The smallest absolute Gasteiger partial charge is 0.0610 e. The van der Waals surface area contributed by atoms with Crippen LogP contribution in [0.3, 0.4) is 0 Å². The Labute approximate surface area is 57.1 Å². The van der Waals surface area contributed by atoms with Crippen LogP contribution in [0.4, 0.5) is 0 Å². The maximum Gasteiger partial charge on any atom is 0.332 e. The van der Waals surface area contributed by atoms with Crippen molar-refractivity contribution in [2.45, 2.75) is 0 Å². The van der Waals surface area contributed by atoms with Crippen LogP contribution in [-0.4, -0.2) is 0 Å². The molecule has 0 saturated carbocycles. The van der Waals surface area contributed by atoms with Crippen LogP contribution in [0.1, 0.15) is 0 Å². The molecule has 1 rings (SSSR count). The summed E-state index contributed by atoms with van der Waals surface area (Å²) in [6, 6.07) is 0. The van der Waals surface area contributed by atoms with Crippen molar-refractivity contribution in [3.8, 4) is 0 Å². The molecule has 0 atom stereocenters. The zero-order valence-electron chi connectivity index (χ0n) is 3.15. The van der Waals surface area contributed by atoms with Crippen LogP contribution in [0.15, 0.2) is 14.3 Å². The Morgan fingerprint density at radius 1 is 1.57 bits per heavy atom. The van der Waals surface area contributed by atoms with Crippen molar-refractivity contribution in [2.24, 2.45) is 5.11 Å². The summed E-state index contributed by atoms with van der Waals surface area (Å²) >= 11 is 6.25. The summed E-state index contributed by atoms with van der Waals surface area (Å²) in [6.07, 6.45) is 0. The molecule has 0 aromatic carbocycles. The lowest BCUT2D eigenvalue weighted by atomic mass is 11.0. The van der Waals surface area contributed by atoms with Gasteiger partial charge in [-0.1, -0.05) is 5.43 Å². The molecule has 0 spiro atoms. The Kier molecular flexibility index (Phi) is 1.43. The lowest BCUT2D eigenvalue weighted by Gasteiger charge is -1.71. The van der Waals surface area contributed by atoms with Gasteiger partial charge in [0.1, 0.15) is 5.11 Å². The predicted octanol–water partition coefficient (Wildman–Crippen LogP) is 1.21. The average molecular weight is 227 g/mol. The second-order valence-corrected chi connectivity index (χ2v) is 2.46. The van der Waals surface area contributed by atoms with Crippen LogP contribution in [0.5, 0.6) is 0 Å². The minimum absolute atomic E-state index is 0.701. The summed E-state index contributed by atoms with van der Waals surface area (Å²) in [5, 5.41) is 7.03. The Morgan fingerprint density at radius 2 is 2.29 bits per heavy atom. The number of nitrogens with one attached hydrogen (secondary N) is 1. The standard InChI is InChI=1S/C2HBr2N3/c3-1-2(4)6-7-5-1/h(H,5,6)/q+1. The Morgan fingerprint density at radius 3 is 2.43 bits per heavy atom. The lowest BCUT2D eigenvalue weighted by Crippen LogP contribution is -2.03. The van der Waals surface area contributed by atoms with Gasteiger partial charge in [0.05, 0.1) is 0 Å². The summed E-state index contributed by atoms with van der Waals surface area (Å²) in [7, 11) is 0. The van der Waals surface area contributed by atoms with Gasteiger partial charge in [0.15, 0.2) is 4.61 Å². The topological polar surface area (TPSA) is 38.5 Å². The summed E-state index contributed by atoms with van der Waals surface area (Å²) in [4.78, 5) is 0. The zero-order valence-corrected chi connectivity index (χ0v) is 6.32. The van der Waals surface area contributed by atoms with Gasteiger partial charge < -0.3 is 0 Å². The van der Waals surface area contributed by atoms with Crippen molar-refractivity contribution in [2.75, 3.05) is 0 Å². The molecule has 0 fully saturated rings. The first kappa shape index (κ1) is 5.24. The second-order valence-electron chi connectivity index (χ2n) is 0.917. The summed E-state index contributed by atoms with van der Waals surface area (Å²) in [5.41, 5.74) is 2.58. The largest absolute Gasteiger partial charge is 0.332 e. The number of halogens is 2. The molecule has 0 bridgehead atoms. The van der Waals surface area contributed by atoms with Crippen LogP contribution >= 0.6 is 31.9 Å². The molecule has 1 radical (unpaired) electrons. The first-order valence-electron chi connectivity index (χ1n) is 1.53. The van der Waals surface area contributed by atoms with E-state index in [-0.39, 0.29) is 0 Å². The number of nitrogens with zero attached hydrogens (tertiary/aromatic N) is 2. The molecule has 5 heteroatoms. The molecule has 1 aliphatic rings. The monoisotopic (exact) mass is 225 g/mol. The number of hydrogen-bond donors (Lipinski definition) is 1. The Hall–Kier alpha value is 0.1000. The quantitative estimate of drug-likeness (QED) is 0.620. The highest BCUT2D eigenvalue weighted by molar-refractivity contribution is 9.14. The van der Waals surface area contributed by atoms with E-state index in [0.717, 1.165) is 4.61 Å². The summed E-state index contributed by atoms with van der Waals surface area (Å²) in [5.74, 6) is 0. The Bertz CT molecular complexity index is 138. The normalized spacial score (nSPS) is 18.0. The molecule has 0 unspecified atom stereocenters. The van der Waals surface area contributed by atoms with Crippen LogP contribution in [0.25, 0.3) is 0 Å². The second kappa shape index (κ2) is 1.92. The number of hydrogen-bond acceptors (Lipinski definition) is 3. The molecule has 0 amide bonds. The van der Waals surface area contributed by atoms with E-state index in [1.807, 2.05) is 0 Å². The van der Waals surface area contributed by atoms with Crippen LogP contribution in [-0.2, 0) is 0 Å². The number of rotatable bonds is 0. The van der Waals surface area contributed by atoms with Crippen molar-refractivity contribution in [3.05, 3.63) is 9.21 Å². The molecular formula is C2HBr2N3+. The van der Waals surface area contributed by atoms with Gasteiger partial charge in [-0.15, -0.1) is 0 Å². The van der Waals surface area contributed by atoms with E-state index in [4.69, 9.17) is 0 Å². The van der Waals surface area contributed by atoms with E-state index < -0.39 is 0 Å². The predicted molar refractivity (Wildman–Crippen MR) is 32.6 cm³/mol. The van der Waals surface area contributed by atoms with Crippen molar-refractivity contribution in [3.63, 3.8) is 0 Å². The first-order chi connectivity index (χ1) is 3.30. The third-order valence-corrected chi connectivity index (χ3v) is 2.11. The van der Waals surface area contributed by atoms with Gasteiger partial charge in [0, 0.05) is 0 Å². The van der Waals surface area contributed by atoms with Crippen molar-refractivity contribution < 1.29 is 0 Å². The first-order valence-corrected chi connectivity index (χ1v) is 3.11. The van der Waals surface area contributed by atoms with Crippen LogP contribution < -0.4 is 10.6 Å². The summed E-state index contributed by atoms with van der Waals surface area (Å²) < 4.78 is 1.47. The third-order valence-electron chi connectivity index (χ3n) is 0.467. The highest BCUT2D eigenvalue weighted by atomic mass is 79.9. The zero-order chi connectivity index (χ0) is 5.28. The van der Waals surface area contributed by atoms with Crippen molar-refractivity contribution in [1.82, 2.24) is 10.6 Å². The van der Waals surface area contributed by atoms with E-state index in [1.165, 1.54) is 0 Å². The maximum atomic E-state index is 3.58. The summed E-state index contributed by atoms with van der Waals surface area (Å²) in [6.45, 7) is 0. The fourth-order valence-corrected chi connectivity index (χ4v) is 0.529. The molecule has 3 nitrogen and oxygen atoms in total. The SMILES string of the molecule is BrC1=C(Br)N[N+]=N1. The molecule has 0 aliphatic carbocycles. The van der Waals surface area contributed by atoms with E-state index in [1.54, 1.807) is 0 Å². The lowest BCUT2D eigenvalue weighted by molar-refractivity contribution is 0.800. The van der Waals surface area contributed by atoms with Gasteiger partial charge in [-0.25, -0.2) is 0 Å². The highest BCUT2D eigenvalue weighted by Gasteiger charge is 2.14. The molecule has 1 heterocycles. The minimum Gasteiger partial charge on any atom is -0.0610 e. The molecule has 1 aliphatic heterocycles. The van der Waals surface area contributed by atoms with Gasteiger partial charge >= 0.3 is 5.22 Å². The fraction of sp³-hybridized carbons (Fsp3) is 0. The molecule has 0 saturated heterocycles. The highest BCUT2D eigenvalue weighted by Crippen LogP contribution is 2.17. The molecule has 0 aromatic rings. The molecule has 7 heavy (non-hydrogen) atoms. The van der Waals surface area contributed by atoms with Gasteiger partial charge in [-0.05, 0) is 31.9 Å². The molecule has 0 aromatic heterocycles. The van der Waals surface area contributed by atoms with E-state index in [0.29, 0.717) is 4.61 Å². The molecular weight excluding hydrogens is 226 g/mol. The van der Waals surface area contributed by atoms with E-state index in [2.05, 4.69) is 47.6 Å². The van der Waals surface area contributed by atoms with Crippen LogP contribution in [0, 0.1) is 0 Å². The van der Waals surface area contributed by atoms with Gasteiger partial charge in [0.25, 0.3) is 0 Å². The van der Waals surface area contributed by atoms with Gasteiger partial charge in [-0.3, -0.25) is 0 Å². The maximum absolute atomic E-state index is 3.58. The average Bonchev–Trinajstić information content (AvgIpc) is 1.91. The third kappa shape index (κ3) is 1.01. The fourth-order valence-electron chi connectivity index (χ4n) is 0.203. The minimum atomic E-state index is 0.701. The van der Waals surface area contributed by atoms with Crippen LogP contribution in [0.2, 0.25) is 0 Å².